The predicted octanol–water partition coefficient (Wildman–Crippen LogP) is -0.865. The first-order valence-electron chi connectivity index (χ1n) is 4.63. The minimum Gasteiger partial charge on any atom is -1.00 e. The highest BCUT2D eigenvalue weighted by Crippen LogP contribution is 2.17. The second-order valence-electron chi connectivity index (χ2n) is 4.21. The lowest BCUT2D eigenvalue weighted by Gasteiger charge is -2.23. The molecule has 0 saturated heterocycles. The van der Waals surface area contributed by atoms with Crippen molar-refractivity contribution in [3.8, 4) is 0 Å². The third kappa shape index (κ3) is 4.71. The van der Waals surface area contributed by atoms with Crippen LogP contribution in [0, 0.1) is 10.1 Å². The van der Waals surface area contributed by atoms with Crippen LogP contribution in [0.15, 0.2) is 30.5 Å². The second-order valence-corrected chi connectivity index (χ2v) is 4.21. The van der Waals surface area contributed by atoms with Crippen LogP contribution in [0.2, 0.25) is 0 Å². The van der Waals surface area contributed by atoms with Gasteiger partial charge in [-0.15, -0.1) is 0 Å². The Morgan fingerprint density at radius 1 is 1.19 bits per heavy atom. The Kier molecular flexibility index (Phi) is 5.60. The number of nitrogens with zero attached hydrogens (tertiary/aromatic N) is 2. The normalized spacial score (nSPS) is 11.2. The summed E-state index contributed by atoms with van der Waals surface area (Å²) in [5.41, 5.74) is 2.00. The Morgan fingerprint density at radius 3 is 2.06 bits per heavy atom. The van der Waals surface area contributed by atoms with E-state index in [-0.39, 0.29) is 24.0 Å². The molecule has 0 heterocycles. The summed E-state index contributed by atoms with van der Waals surface area (Å²) in [5.74, 6) is 0. The molecule has 1 rings (SSSR count). The minimum atomic E-state index is -0.465. The number of halogens is 1. The van der Waals surface area contributed by atoms with E-state index in [0.29, 0.717) is 0 Å². The van der Waals surface area contributed by atoms with Gasteiger partial charge in [-0.05, 0) is 29.8 Å². The molecule has 0 saturated carbocycles. The van der Waals surface area contributed by atoms with Crippen LogP contribution < -0.4 is 28.5 Å². The van der Waals surface area contributed by atoms with Crippen molar-refractivity contribution < 1.29 is 28.9 Å². The van der Waals surface area contributed by atoms with E-state index in [9.17, 15) is 10.1 Å². The molecule has 1 aromatic carbocycles. The van der Waals surface area contributed by atoms with Gasteiger partial charge in [-0.2, -0.15) is 0 Å². The van der Waals surface area contributed by atoms with E-state index < -0.39 is 4.92 Å². The van der Waals surface area contributed by atoms with Gasteiger partial charge in [-0.3, -0.25) is 14.6 Å². The molecule has 0 fully saturated rings. The van der Waals surface area contributed by atoms with E-state index in [1.165, 1.54) is 6.08 Å². The van der Waals surface area contributed by atoms with Crippen molar-refractivity contribution in [3.63, 3.8) is 0 Å². The van der Waals surface area contributed by atoms with Crippen molar-refractivity contribution in [2.24, 2.45) is 0 Å². The molecule has 4 nitrogen and oxygen atoms in total. The first-order valence-corrected chi connectivity index (χ1v) is 4.63. The average molecular weight is 334 g/mol. The van der Waals surface area contributed by atoms with Crippen molar-refractivity contribution in [2.45, 2.75) is 0 Å². The lowest BCUT2D eigenvalue weighted by atomic mass is 10.2. The van der Waals surface area contributed by atoms with E-state index in [1.807, 2.05) is 24.3 Å². The highest BCUT2D eigenvalue weighted by Gasteiger charge is 2.10. The fraction of sp³-hybridized carbons (Fsp3) is 0.273. The molecular weight excluding hydrogens is 319 g/mol. The molecule has 0 aliphatic carbocycles. The van der Waals surface area contributed by atoms with E-state index in [2.05, 4.69) is 21.1 Å². The third-order valence-corrected chi connectivity index (χ3v) is 2.06. The largest absolute Gasteiger partial charge is 1.00 e. The summed E-state index contributed by atoms with van der Waals surface area (Å²) in [6, 6.07) is 7.69. The zero-order valence-electron chi connectivity index (χ0n) is 9.55. The Bertz CT molecular complexity index is 380. The molecular formula is C11H15IN2O2. The molecule has 1 aromatic rings. The van der Waals surface area contributed by atoms with Gasteiger partial charge in [-0.1, -0.05) is 0 Å². The highest BCUT2D eigenvalue weighted by molar-refractivity contribution is 5.53. The Hall–Kier alpha value is -0.950. The summed E-state index contributed by atoms with van der Waals surface area (Å²) in [4.78, 5) is 9.65. The smallest absolute Gasteiger partial charge is 0.235 e. The lowest BCUT2D eigenvalue weighted by Crippen LogP contribution is -3.00. The van der Waals surface area contributed by atoms with Gasteiger partial charge in [0.15, 0.2) is 0 Å². The number of nitro groups is 1. The van der Waals surface area contributed by atoms with Crippen LogP contribution in [0.4, 0.5) is 5.69 Å². The maximum Gasteiger partial charge on any atom is 0.235 e. The number of benzene rings is 1. The molecule has 88 valence electrons. The second kappa shape index (κ2) is 5.95. The lowest BCUT2D eigenvalue weighted by molar-refractivity contribution is -0.400. The number of quaternary nitrogens is 1. The van der Waals surface area contributed by atoms with Crippen LogP contribution in [0.1, 0.15) is 5.56 Å². The summed E-state index contributed by atoms with van der Waals surface area (Å²) in [6.07, 6.45) is 2.43. The van der Waals surface area contributed by atoms with E-state index in [4.69, 9.17) is 0 Å². The first kappa shape index (κ1) is 15.0. The van der Waals surface area contributed by atoms with Crippen LogP contribution >= 0.6 is 0 Å². The number of hydrogen-bond donors (Lipinski definition) is 0. The van der Waals surface area contributed by atoms with E-state index >= 15 is 0 Å². The van der Waals surface area contributed by atoms with Gasteiger partial charge < -0.3 is 24.0 Å². The fourth-order valence-corrected chi connectivity index (χ4v) is 1.18. The third-order valence-electron chi connectivity index (χ3n) is 2.06. The van der Waals surface area contributed by atoms with Crippen LogP contribution in [-0.4, -0.2) is 26.1 Å². The predicted molar refractivity (Wildman–Crippen MR) is 62.0 cm³/mol. The molecule has 0 bridgehead atoms. The fourth-order valence-electron chi connectivity index (χ4n) is 1.18. The Labute approximate surface area is 112 Å². The molecule has 5 heteroatoms. The van der Waals surface area contributed by atoms with Gasteiger partial charge in [0.2, 0.25) is 6.20 Å². The monoisotopic (exact) mass is 334 g/mol. The van der Waals surface area contributed by atoms with Crippen molar-refractivity contribution in [1.82, 2.24) is 4.48 Å². The molecule has 0 unspecified atom stereocenters. The topological polar surface area (TPSA) is 43.1 Å². The summed E-state index contributed by atoms with van der Waals surface area (Å²) >= 11 is 0. The van der Waals surface area contributed by atoms with Gasteiger partial charge in [-0.25, -0.2) is 0 Å². The molecule has 0 radical (unpaired) electrons. The minimum absolute atomic E-state index is 0. The summed E-state index contributed by atoms with van der Waals surface area (Å²) in [6.45, 7) is 0. The summed E-state index contributed by atoms with van der Waals surface area (Å²) in [5, 5.41) is 10.1. The number of rotatable bonds is 3. The van der Waals surface area contributed by atoms with Crippen molar-refractivity contribution in [2.75, 3.05) is 21.1 Å². The quantitative estimate of drug-likeness (QED) is 0.312. The number of hydrogen-bond acceptors (Lipinski definition) is 2. The zero-order chi connectivity index (χ0) is 11.5. The molecule has 16 heavy (non-hydrogen) atoms. The zero-order valence-corrected chi connectivity index (χ0v) is 11.7. The Balaban J connectivity index is 0.00000225. The van der Waals surface area contributed by atoms with E-state index in [0.717, 1.165) is 21.9 Å². The SMILES string of the molecule is C[N+](C)(C)c1ccc(C=C[N+](=O)[O-])cc1.[I-]. The maximum atomic E-state index is 10.1. The molecule has 0 atom stereocenters. The molecule has 0 N–H and O–H groups in total. The molecule has 0 aliphatic rings. The molecule has 0 aromatic heterocycles. The first-order chi connectivity index (χ1) is 6.89. The molecule has 0 aliphatic heterocycles. The van der Waals surface area contributed by atoms with E-state index in [1.54, 1.807) is 0 Å². The molecule has 0 amide bonds. The Morgan fingerprint density at radius 2 is 1.69 bits per heavy atom. The van der Waals surface area contributed by atoms with Gasteiger partial charge in [0.1, 0.15) is 5.69 Å². The molecule has 0 spiro atoms. The maximum absolute atomic E-state index is 10.1. The van der Waals surface area contributed by atoms with Gasteiger partial charge in [0.25, 0.3) is 0 Å². The highest BCUT2D eigenvalue weighted by atomic mass is 127. The summed E-state index contributed by atoms with van der Waals surface area (Å²) < 4.78 is 0.735. The van der Waals surface area contributed by atoms with Crippen LogP contribution in [0.3, 0.4) is 0 Å². The van der Waals surface area contributed by atoms with Gasteiger partial charge in [0.05, 0.1) is 26.1 Å². The summed E-state index contributed by atoms with van der Waals surface area (Å²) in [7, 11) is 6.21. The van der Waals surface area contributed by atoms with Gasteiger partial charge >= 0.3 is 0 Å². The van der Waals surface area contributed by atoms with Crippen molar-refractivity contribution >= 4 is 11.8 Å². The average Bonchev–Trinajstić information content (AvgIpc) is 2.14. The van der Waals surface area contributed by atoms with Crippen molar-refractivity contribution in [1.29, 1.82) is 0 Å². The van der Waals surface area contributed by atoms with Crippen molar-refractivity contribution in [3.05, 3.63) is 46.1 Å². The van der Waals surface area contributed by atoms with Crippen LogP contribution in [-0.2, 0) is 0 Å². The van der Waals surface area contributed by atoms with Crippen LogP contribution in [0.5, 0.6) is 0 Å². The standard InChI is InChI=1S/C11H15N2O2.HI/c1-13(2,3)11-6-4-10(5-7-11)8-9-12(14)15;/h4-9H,1-3H3;1H/q+1;/p-1. The van der Waals surface area contributed by atoms with Gasteiger partial charge in [0, 0.05) is 6.08 Å². The van der Waals surface area contributed by atoms with Crippen LogP contribution in [0.25, 0.3) is 6.08 Å².